The summed E-state index contributed by atoms with van der Waals surface area (Å²) < 4.78 is 316. The highest BCUT2D eigenvalue weighted by Crippen LogP contribution is 2.47. The number of aromatic nitrogens is 8. The number of ketones is 4. The number of aromatic amines is 2. The molecule has 0 aliphatic heterocycles. The van der Waals surface area contributed by atoms with Crippen LogP contribution >= 0.6 is 0 Å². The molecule has 0 atom stereocenters. The first-order chi connectivity index (χ1) is 65.7. The van der Waals surface area contributed by atoms with E-state index in [0.717, 1.165) is 60.7 Å². The Morgan fingerprint density at radius 3 is 1.16 bits per heavy atom. The number of rotatable bonds is 26. The largest absolute Gasteiger partial charge is 0.425 e. The molecule has 722 valence electrons. The summed E-state index contributed by atoms with van der Waals surface area (Å²) in [4.78, 5) is 115. The lowest BCUT2D eigenvalue weighted by Crippen LogP contribution is -2.24. The predicted molar refractivity (Wildman–Crippen MR) is 479 cm³/mol. The normalized spacial score (nSPS) is 11.6. The number of H-pyrrole nitrogens is 2. The van der Waals surface area contributed by atoms with E-state index >= 15 is 0 Å². The summed E-state index contributed by atoms with van der Waals surface area (Å²) in [6.45, 7) is -0.437. The molecule has 0 fully saturated rings. The second kappa shape index (κ2) is 43.3. The van der Waals surface area contributed by atoms with Crippen LogP contribution in [-0.2, 0) is 110 Å². The summed E-state index contributed by atoms with van der Waals surface area (Å²) in [6.07, 6.45) is -0.571. The summed E-state index contributed by atoms with van der Waals surface area (Å²) in [6, 6.07) is 45.2. The molecule has 4 aromatic heterocycles. The minimum Gasteiger partial charge on any atom is -0.424 e. The van der Waals surface area contributed by atoms with Crippen LogP contribution in [0.1, 0.15) is 75.1 Å². The molecule has 0 amide bonds. The van der Waals surface area contributed by atoms with E-state index in [1.54, 1.807) is 54.6 Å². The van der Waals surface area contributed by atoms with E-state index in [2.05, 4.69) is 66.5 Å². The third-order valence-electron chi connectivity index (χ3n) is 18.9. The molecule has 16 rings (SSSR count). The quantitative estimate of drug-likeness (QED) is 0.0174. The number of nitrogens with zero attached hydrogens (tertiary/aromatic N) is 6. The average Bonchev–Trinajstić information content (AvgIpc) is 0.715. The van der Waals surface area contributed by atoms with E-state index in [4.69, 9.17) is 72.6 Å². The van der Waals surface area contributed by atoms with E-state index in [9.17, 15) is 93.6 Å². The SMILES string of the molecule is O=C(c1ccccc1)c1c2c3c(c(Nc4ccc(S(=O)(=O)O)c(Cc5nc(NCCNc6nc(Nc7ccc(S(=O)(=O)O)c(Nc8ccc9[nH]c(=O)c(C(=O)c%10cccc(S(=O)(=O)O)c%10)c%10c9c8C(=O)c8ccccc8-%10)c7)nc(Oc7cccc(S(=O)(=O)O)c7)n6)nc(Oc6cccc(S(=O)(=O)O)c6)n5)c4)ccc3[nH]c1=O)C(=O)c1ccccc1-2.O=S(=O)=O.O=S(=O)=O.O=S(=O)=O.O=S(=O)=O.O=S(=O)=O. The molecule has 0 saturated heterocycles. The molecule has 12 N–H and O–H groups in total. The molecular formula is C79H53N13O38S10. The lowest BCUT2D eigenvalue weighted by atomic mass is 9.80. The van der Waals surface area contributed by atoms with Crippen molar-refractivity contribution in [3.05, 3.63) is 289 Å². The lowest BCUT2D eigenvalue weighted by molar-refractivity contribution is 0.102. The molecule has 2 aliphatic carbocycles. The van der Waals surface area contributed by atoms with E-state index < -0.39 is 198 Å². The van der Waals surface area contributed by atoms with Crippen molar-refractivity contribution in [2.45, 2.75) is 30.9 Å². The number of nitrogens with one attached hydrogen (secondary N) is 7. The number of anilines is 8. The zero-order valence-corrected chi connectivity index (χ0v) is 77.0. The molecule has 0 unspecified atom stereocenters. The highest BCUT2D eigenvalue weighted by Gasteiger charge is 2.37. The second-order valence-corrected chi connectivity index (χ2v) is 36.7. The fourth-order valence-corrected chi connectivity index (χ4v) is 16.7. The summed E-state index contributed by atoms with van der Waals surface area (Å²) in [5.41, 5.74) is -2.40. The molecule has 61 heteroatoms. The van der Waals surface area contributed by atoms with Crippen LogP contribution < -0.4 is 47.2 Å². The highest BCUT2D eigenvalue weighted by atomic mass is 32.2. The zero-order valence-electron chi connectivity index (χ0n) is 68.8. The van der Waals surface area contributed by atoms with Gasteiger partial charge in [0.05, 0.1) is 58.9 Å². The van der Waals surface area contributed by atoms with Gasteiger partial charge < -0.3 is 46.0 Å². The predicted octanol–water partition coefficient (Wildman–Crippen LogP) is 5.77. The van der Waals surface area contributed by atoms with Crippen LogP contribution in [-0.4, -0.2) is 204 Å². The molecule has 0 saturated carbocycles. The van der Waals surface area contributed by atoms with Crippen LogP contribution in [0.2, 0.25) is 0 Å². The van der Waals surface area contributed by atoms with Gasteiger partial charge in [0, 0.05) is 98.2 Å². The second-order valence-electron chi connectivity index (χ2n) is 27.6. The lowest BCUT2D eigenvalue weighted by Gasteiger charge is -2.24. The van der Waals surface area contributed by atoms with Crippen molar-refractivity contribution in [2.75, 3.05) is 39.7 Å². The molecule has 51 nitrogen and oxygen atoms in total. The first-order valence-corrected chi connectivity index (χ1v) is 49.8. The Bertz CT molecular complexity index is 8760. The Morgan fingerprint density at radius 1 is 0.336 bits per heavy atom. The van der Waals surface area contributed by atoms with Crippen molar-refractivity contribution in [2.24, 2.45) is 0 Å². The van der Waals surface area contributed by atoms with E-state index in [1.807, 2.05) is 0 Å². The monoisotopic (exact) mass is 2110 g/mol. The number of pyridine rings is 2. The van der Waals surface area contributed by atoms with Gasteiger partial charge in [-0.25, -0.2) is 0 Å². The Morgan fingerprint density at radius 2 is 0.714 bits per heavy atom. The number of hydrogen-bond donors (Lipinski definition) is 12. The van der Waals surface area contributed by atoms with Crippen molar-refractivity contribution in [1.29, 1.82) is 0 Å². The highest BCUT2D eigenvalue weighted by molar-refractivity contribution is 7.87. The van der Waals surface area contributed by atoms with Gasteiger partial charge in [0.2, 0.25) is 17.8 Å². The summed E-state index contributed by atoms with van der Waals surface area (Å²) in [7, 11) is -40.3. The summed E-state index contributed by atoms with van der Waals surface area (Å²) >= 11 is 0. The molecule has 14 aromatic rings. The number of benzene rings is 10. The Kier molecular flexibility index (Phi) is 32.2. The number of carbonyl (C=O) groups excluding carboxylic acids is 4. The van der Waals surface area contributed by atoms with E-state index in [-0.39, 0.29) is 148 Å². The minimum atomic E-state index is -5.18. The van der Waals surface area contributed by atoms with Crippen LogP contribution in [0.25, 0.3) is 44.1 Å². The van der Waals surface area contributed by atoms with Gasteiger partial charge in [-0.2, -0.15) is 72.0 Å². The fourth-order valence-electron chi connectivity index (χ4n) is 13.8. The minimum absolute atomic E-state index is 0.0193. The van der Waals surface area contributed by atoms with E-state index in [1.165, 1.54) is 97.1 Å². The number of ether oxygens (including phenoxy) is 2. The van der Waals surface area contributed by atoms with Gasteiger partial charge in [-0.05, 0) is 114 Å². The zero-order chi connectivity index (χ0) is 103. The van der Waals surface area contributed by atoms with Gasteiger partial charge in [-0.3, -0.25) is 51.5 Å². The van der Waals surface area contributed by atoms with Crippen LogP contribution in [0.15, 0.2) is 246 Å². The van der Waals surface area contributed by atoms with Gasteiger partial charge in [0.1, 0.15) is 22.2 Å². The van der Waals surface area contributed by atoms with Crippen molar-refractivity contribution in [3.63, 3.8) is 0 Å². The van der Waals surface area contributed by atoms with Crippen LogP contribution in [0.3, 0.4) is 0 Å². The molecule has 0 bridgehead atoms. The molecule has 4 heterocycles. The molecule has 0 radical (unpaired) electrons. The van der Waals surface area contributed by atoms with Crippen molar-refractivity contribution in [3.8, 4) is 45.8 Å². The first-order valence-electron chi connectivity index (χ1n) is 37.6. The third kappa shape index (κ3) is 26.0. The fraction of sp³-hybridized carbons (Fsp3) is 0.0380. The average molecular weight is 2110 g/mol. The van der Waals surface area contributed by atoms with E-state index in [0.29, 0.717) is 5.56 Å². The van der Waals surface area contributed by atoms with Crippen molar-refractivity contribution >= 4 is 195 Å². The summed E-state index contributed by atoms with van der Waals surface area (Å²) in [5.74, 6) is -4.61. The van der Waals surface area contributed by atoms with Gasteiger partial charge in [-0.1, -0.05) is 103 Å². The number of hydrogen-bond acceptors (Lipinski definition) is 44. The van der Waals surface area contributed by atoms with Gasteiger partial charge in [-0.15, -0.1) is 63.1 Å². The Hall–Kier alpha value is -16.4. The standard InChI is InChI=1S/C79H53N13O23S5.5O3S/c93-69(39-11-2-1-3-12-39)67-61-49-19-4-6-21-51(49)71(95)65-55(27-25-53(63(61)65)85-73(67)97)82-42-23-29-58(119(108,109)110)41(33-42)35-60-87-75(90-78(88-60)114-44-14-9-17-47(37-44)117(102,103)104)80-31-32-81-76-89-77(92-79(91-76)115-45-15-10-18-48(38-45)118(105,106)107)83-43-24-30-59(120(111,112)113)57(36-43)84-56-28-26-54-64-62(50-20-5-7-22-52(50)72(96)66(56)64)68(74(98)86-54)70(94)40-13-8-16-46(34-40)116(99,100)101;5*1-4(2)3/h1-30,33-34,36-38,82,84H,31-32,35H2,(H,85,97)(H,86,98)(H,99,100,101)(H,102,103,104)(H,105,106,107)(H,108,109,110)(H,111,112,113)(H,80,87,88,90)(H2,81,83,89,91,92);;;;;. The maximum atomic E-state index is 14.9. The molecule has 140 heavy (non-hydrogen) atoms. The Balaban J connectivity index is 0.000000858. The van der Waals surface area contributed by atoms with Crippen LogP contribution in [0.4, 0.5) is 46.3 Å². The summed E-state index contributed by atoms with van der Waals surface area (Å²) in [5, 5.41) is 15.0. The van der Waals surface area contributed by atoms with Crippen molar-refractivity contribution in [1.82, 2.24) is 39.9 Å². The van der Waals surface area contributed by atoms with Crippen LogP contribution in [0.5, 0.6) is 23.5 Å². The number of fused-ring (bicyclic) bond motifs is 4. The van der Waals surface area contributed by atoms with Gasteiger partial charge in [0.15, 0.2) is 23.1 Å². The van der Waals surface area contributed by atoms with Gasteiger partial charge in [0.25, 0.3) is 61.7 Å². The smallest absolute Gasteiger partial charge is 0.424 e. The molecule has 2 aliphatic rings. The molecule has 0 spiro atoms. The van der Waals surface area contributed by atoms with Crippen molar-refractivity contribution < 1.29 is 157 Å². The molecule has 10 aromatic carbocycles. The maximum absolute atomic E-state index is 14.9. The van der Waals surface area contributed by atoms with Gasteiger partial charge >= 0.3 is 65.1 Å². The molecular weight excluding hydrogens is 2060 g/mol. The number of carbonyl (C=O) groups is 4. The topological polar surface area (TPSA) is 818 Å². The first kappa shape index (κ1) is 104. The Labute approximate surface area is 791 Å². The maximum Gasteiger partial charge on any atom is 0.425 e. The third-order valence-corrected chi connectivity index (χ3v) is 23.3. The van der Waals surface area contributed by atoms with Crippen LogP contribution in [0, 0.1) is 0 Å².